The van der Waals surface area contributed by atoms with Crippen molar-refractivity contribution < 1.29 is 9.18 Å². The zero-order valence-electron chi connectivity index (χ0n) is 9.78. The highest BCUT2D eigenvalue weighted by Gasteiger charge is 2.11. The smallest absolute Gasteiger partial charge is 0.167 e. The summed E-state index contributed by atoms with van der Waals surface area (Å²) in [6, 6.07) is 6.08. The van der Waals surface area contributed by atoms with Crippen molar-refractivity contribution in [2.45, 2.75) is 13.3 Å². The summed E-state index contributed by atoms with van der Waals surface area (Å²) >= 11 is 3.30. The Balaban J connectivity index is 2.24. The second-order valence-electron chi connectivity index (χ2n) is 4.07. The maximum atomic E-state index is 13.1. The minimum atomic E-state index is -0.392. The zero-order chi connectivity index (χ0) is 13.1. The Morgan fingerprint density at radius 3 is 2.83 bits per heavy atom. The predicted molar refractivity (Wildman–Crippen MR) is 71.1 cm³/mol. The standard InChI is InChI=1S/C14H11BrFNO/c1-9-2-3-12(16)6-13(9)14(18)5-10-4-11(15)8-17-7-10/h2-4,6-8H,5H2,1H3. The van der Waals surface area contributed by atoms with Crippen LogP contribution >= 0.6 is 15.9 Å². The van der Waals surface area contributed by atoms with E-state index in [-0.39, 0.29) is 12.2 Å². The van der Waals surface area contributed by atoms with Crippen LogP contribution in [0, 0.1) is 12.7 Å². The molecule has 2 rings (SSSR count). The minimum Gasteiger partial charge on any atom is -0.294 e. The number of ketones is 1. The summed E-state index contributed by atoms with van der Waals surface area (Å²) in [6.45, 7) is 1.80. The molecule has 0 saturated carbocycles. The van der Waals surface area contributed by atoms with Crippen molar-refractivity contribution in [2.75, 3.05) is 0 Å². The molecule has 0 aliphatic carbocycles. The molecule has 2 nitrogen and oxygen atoms in total. The summed E-state index contributed by atoms with van der Waals surface area (Å²) in [7, 11) is 0. The van der Waals surface area contributed by atoms with E-state index in [0.29, 0.717) is 5.56 Å². The van der Waals surface area contributed by atoms with Gasteiger partial charge in [0.25, 0.3) is 0 Å². The number of carbonyl (C=O) groups excluding carboxylic acids is 1. The Labute approximate surface area is 113 Å². The number of halogens is 2. The Kier molecular flexibility index (Phi) is 3.87. The summed E-state index contributed by atoms with van der Waals surface area (Å²) in [5.41, 5.74) is 2.01. The van der Waals surface area contributed by atoms with E-state index in [9.17, 15) is 9.18 Å². The van der Waals surface area contributed by atoms with Crippen LogP contribution in [0.2, 0.25) is 0 Å². The van der Waals surface area contributed by atoms with Crippen LogP contribution in [0.5, 0.6) is 0 Å². The van der Waals surface area contributed by atoms with Crippen molar-refractivity contribution >= 4 is 21.7 Å². The molecule has 4 heteroatoms. The van der Waals surface area contributed by atoms with E-state index >= 15 is 0 Å². The van der Waals surface area contributed by atoms with E-state index in [1.807, 2.05) is 6.07 Å². The Bertz CT molecular complexity index is 598. The van der Waals surface area contributed by atoms with E-state index in [4.69, 9.17) is 0 Å². The van der Waals surface area contributed by atoms with Crippen molar-refractivity contribution in [3.63, 3.8) is 0 Å². The lowest BCUT2D eigenvalue weighted by Crippen LogP contribution is -2.06. The van der Waals surface area contributed by atoms with Gasteiger partial charge in [0.15, 0.2) is 5.78 Å². The van der Waals surface area contributed by atoms with Crippen LogP contribution in [0.25, 0.3) is 0 Å². The van der Waals surface area contributed by atoms with Gasteiger partial charge in [0, 0.05) is 28.9 Å². The molecule has 18 heavy (non-hydrogen) atoms. The highest BCUT2D eigenvalue weighted by molar-refractivity contribution is 9.10. The number of rotatable bonds is 3. The Morgan fingerprint density at radius 2 is 2.11 bits per heavy atom. The number of carbonyl (C=O) groups is 1. The molecule has 0 aliphatic heterocycles. The number of pyridine rings is 1. The molecule has 0 fully saturated rings. The molecule has 0 bridgehead atoms. The van der Waals surface area contributed by atoms with Gasteiger partial charge >= 0.3 is 0 Å². The molecule has 0 atom stereocenters. The second kappa shape index (κ2) is 5.40. The third-order valence-electron chi connectivity index (χ3n) is 2.63. The van der Waals surface area contributed by atoms with Crippen LogP contribution in [0.1, 0.15) is 21.5 Å². The number of Topliss-reactive ketones (excluding diaryl/α,β-unsaturated/α-hetero) is 1. The predicted octanol–water partition coefficient (Wildman–Crippen LogP) is 3.72. The van der Waals surface area contributed by atoms with Crippen molar-refractivity contribution in [1.29, 1.82) is 0 Å². The van der Waals surface area contributed by atoms with Crippen LogP contribution < -0.4 is 0 Å². The summed E-state index contributed by atoms with van der Waals surface area (Å²) < 4.78 is 14.0. The van der Waals surface area contributed by atoms with Crippen molar-refractivity contribution in [3.05, 3.63) is 63.6 Å². The lowest BCUT2D eigenvalue weighted by molar-refractivity contribution is 0.0992. The van der Waals surface area contributed by atoms with Gasteiger partial charge < -0.3 is 0 Å². The molecule has 0 radical (unpaired) electrons. The maximum absolute atomic E-state index is 13.1. The van der Waals surface area contributed by atoms with Crippen LogP contribution in [-0.4, -0.2) is 10.8 Å². The van der Waals surface area contributed by atoms with Gasteiger partial charge in [-0.25, -0.2) is 4.39 Å². The number of aromatic nitrogens is 1. The number of hydrogen-bond acceptors (Lipinski definition) is 2. The molecule has 2 aromatic rings. The fourth-order valence-electron chi connectivity index (χ4n) is 1.73. The summed E-state index contributed by atoms with van der Waals surface area (Å²) in [4.78, 5) is 16.1. The topological polar surface area (TPSA) is 30.0 Å². The van der Waals surface area contributed by atoms with Gasteiger partial charge in [-0.15, -0.1) is 0 Å². The zero-order valence-corrected chi connectivity index (χ0v) is 11.4. The van der Waals surface area contributed by atoms with Crippen LogP contribution in [-0.2, 0) is 6.42 Å². The van der Waals surface area contributed by atoms with Gasteiger partial charge in [-0.3, -0.25) is 9.78 Å². The summed E-state index contributed by atoms with van der Waals surface area (Å²) in [5, 5.41) is 0. The monoisotopic (exact) mass is 307 g/mol. The van der Waals surface area contributed by atoms with Gasteiger partial charge in [-0.1, -0.05) is 6.07 Å². The quantitative estimate of drug-likeness (QED) is 0.809. The molecule has 1 aromatic carbocycles. The molecule has 0 unspecified atom stereocenters. The second-order valence-corrected chi connectivity index (χ2v) is 4.99. The average molecular weight is 308 g/mol. The van der Waals surface area contributed by atoms with E-state index in [1.165, 1.54) is 12.1 Å². The Morgan fingerprint density at radius 1 is 1.33 bits per heavy atom. The van der Waals surface area contributed by atoms with Gasteiger partial charge in [0.05, 0.1) is 0 Å². The van der Waals surface area contributed by atoms with Gasteiger partial charge in [-0.2, -0.15) is 0 Å². The average Bonchev–Trinajstić information content (AvgIpc) is 2.32. The lowest BCUT2D eigenvalue weighted by Gasteiger charge is -2.05. The first-order chi connectivity index (χ1) is 8.56. The van der Waals surface area contributed by atoms with Crippen LogP contribution in [0.4, 0.5) is 4.39 Å². The highest BCUT2D eigenvalue weighted by Crippen LogP contribution is 2.15. The molecule has 1 heterocycles. The van der Waals surface area contributed by atoms with Crippen LogP contribution in [0.15, 0.2) is 41.1 Å². The molecule has 92 valence electrons. The molecule has 0 saturated heterocycles. The first-order valence-electron chi connectivity index (χ1n) is 5.45. The SMILES string of the molecule is Cc1ccc(F)cc1C(=O)Cc1cncc(Br)c1. The highest BCUT2D eigenvalue weighted by atomic mass is 79.9. The van der Waals surface area contributed by atoms with E-state index in [2.05, 4.69) is 20.9 Å². The normalized spacial score (nSPS) is 10.4. The number of hydrogen-bond donors (Lipinski definition) is 0. The first kappa shape index (κ1) is 12.9. The summed E-state index contributed by atoms with van der Waals surface area (Å²) in [6.07, 6.45) is 3.51. The molecular weight excluding hydrogens is 297 g/mol. The number of nitrogens with zero attached hydrogens (tertiary/aromatic N) is 1. The van der Waals surface area contributed by atoms with Gasteiger partial charge in [0.2, 0.25) is 0 Å². The number of benzene rings is 1. The lowest BCUT2D eigenvalue weighted by atomic mass is 10.00. The van der Waals surface area contributed by atoms with E-state index in [0.717, 1.165) is 15.6 Å². The molecule has 0 N–H and O–H groups in total. The molecule has 0 spiro atoms. The van der Waals surface area contributed by atoms with Gasteiger partial charge in [0.1, 0.15) is 5.82 Å². The summed E-state index contributed by atoms with van der Waals surface area (Å²) in [5.74, 6) is -0.497. The molecule has 0 amide bonds. The van der Waals surface area contributed by atoms with Gasteiger partial charge in [-0.05, 0) is 52.2 Å². The minimum absolute atomic E-state index is 0.105. The number of aryl methyl sites for hydroxylation is 1. The third kappa shape index (κ3) is 3.01. The van der Waals surface area contributed by atoms with E-state index in [1.54, 1.807) is 25.4 Å². The molecule has 0 aliphatic rings. The molecule has 1 aromatic heterocycles. The molecular formula is C14H11BrFNO. The first-order valence-corrected chi connectivity index (χ1v) is 6.24. The van der Waals surface area contributed by atoms with Crippen LogP contribution in [0.3, 0.4) is 0 Å². The van der Waals surface area contributed by atoms with Crippen molar-refractivity contribution in [2.24, 2.45) is 0 Å². The van der Waals surface area contributed by atoms with Crippen molar-refractivity contribution in [1.82, 2.24) is 4.98 Å². The fourth-order valence-corrected chi connectivity index (χ4v) is 2.14. The Hall–Kier alpha value is -1.55. The third-order valence-corrected chi connectivity index (χ3v) is 3.06. The fraction of sp³-hybridized carbons (Fsp3) is 0.143. The maximum Gasteiger partial charge on any atom is 0.167 e. The largest absolute Gasteiger partial charge is 0.294 e. The van der Waals surface area contributed by atoms with E-state index < -0.39 is 5.82 Å². The van der Waals surface area contributed by atoms with Crippen molar-refractivity contribution in [3.8, 4) is 0 Å².